The van der Waals surface area contributed by atoms with Crippen molar-refractivity contribution in [1.29, 1.82) is 0 Å². The highest BCUT2D eigenvalue weighted by Gasteiger charge is 2.13. The Balaban J connectivity index is 2.42. The second-order valence-corrected chi connectivity index (χ2v) is 5.88. The van der Waals surface area contributed by atoms with Gasteiger partial charge in [-0.15, -0.1) is 0 Å². The molecule has 0 saturated carbocycles. The highest BCUT2D eigenvalue weighted by molar-refractivity contribution is 6.42. The topological polar surface area (TPSA) is 49.8 Å². The fourth-order valence-electron chi connectivity index (χ4n) is 1.87. The van der Waals surface area contributed by atoms with Gasteiger partial charge < -0.3 is 10.6 Å². The Hall–Kier alpha value is -1.52. The second kappa shape index (κ2) is 6.50. The van der Waals surface area contributed by atoms with Crippen molar-refractivity contribution in [3.05, 3.63) is 39.6 Å². The first kappa shape index (κ1) is 15.9. The van der Waals surface area contributed by atoms with E-state index in [9.17, 15) is 0 Å². The van der Waals surface area contributed by atoms with Crippen molar-refractivity contribution < 1.29 is 0 Å². The zero-order valence-electron chi connectivity index (χ0n) is 12.5. The van der Waals surface area contributed by atoms with Gasteiger partial charge >= 0.3 is 0 Å². The maximum absolute atomic E-state index is 6.04. The van der Waals surface area contributed by atoms with Crippen molar-refractivity contribution >= 4 is 40.5 Å². The van der Waals surface area contributed by atoms with Crippen LogP contribution in [0.5, 0.6) is 0 Å². The average molecular weight is 325 g/mol. The fourth-order valence-corrected chi connectivity index (χ4v) is 2.17. The summed E-state index contributed by atoms with van der Waals surface area (Å²) < 4.78 is 0. The van der Waals surface area contributed by atoms with Crippen LogP contribution in [0.3, 0.4) is 0 Å². The van der Waals surface area contributed by atoms with E-state index < -0.39 is 0 Å². The fraction of sp³-hybridized carbons (Fsp3) is 0.333. The molecule has 21 heavy (non-hydrogen) atoms. The average Bonchev–Trinajstić information content (AvgIpc) is 2.44. The molecular weight excluding hydrogens is 307 g/mol. The molecule has 0 aliphatic rings. The van der Waals surface area contributed by atoms with Gasteiger partial charge in [0.15, 0.2) is 0 Å². The molecule has 0 aliphatic carbocycles. The monoisotopic (exact) mass is 324 g/mol. The first-order valence-corrected chi connectivity index (χ1v) is 7.46. The molecule has 1 heterocycles. The zero-order valence-corrected chi connectivity index (χ0v) is 14.0. The van der Waals surface area contributed by atoms with Crippen LogP contribution in [-0.2, 0) is 0 Å². The van der Waals surface area contributed by atoms with Crippen molar-refractivity contribution in [1.82, 2.24) is 9.97 Å². The third-order valence-electron chi connectivity index (χ3n) is 3.10. The SMILES string of the molecule is CNc1nc(C(C)C)nc(Nc2ccc(Cl)c(Cl)c2)c1C. The number of rotatable bonds is 4. The Labute approximate surface area is 134 Å². The molecule has 2 aromatic rings. The minimum atomic E-state index is 0.243. The summed E-state index contributed by atoms with van der Waals surface area (Å²) >= 11 is 12.0. The van der Waals surface area contributed by atoms with Crippen LogP contribution in [0.15, 0.2) is 18.2 Å². The lowest BCUT2D eigenvalue weighted by atomic mass is 10.2. The minimum absolute atomic E-state index is 0.243. The van der Waals surface area contributed by atoms with E-state index in [1.54, 1.807) is 12.1 Å². The first-order chi connectivity index (χ1) is 9.92. The second-order valence-electron chi connectivity index (χ2n) is 5.06. The molecule has 2 rings (SSSR count). The van der Waals surface area contributed by atoms with E-state index in [4.69, 9.17) is 23.2 Å². The Morgan fingerprint density at radius 3 is 2.29 bits per heavy atom. The van der Waals surface area contributed by atoms with Crippen LogP contribution >= 0.6 is 23.2 Å². The molecule has 112 valence electrons. The van der Waals surface area contributed by atoms with Crippen LogP contribution in [0.2, 0.25) is 10.0 Å². The van der Waals surface area contributed by atoms with Gasteiger partial charge in [-0.2, -0.15) is 0 Å². The van der Waals surface area contributed by atoms with Gasteiger partial charge in [0, 0.05) is 24.2 Å². The summed E-state index contributed by atoms with van der Waals surface area (Å²) in [6.07, 6.45) is 0. The number of halogens is 2. The molecule has 0 aliphatic heterocycles. The molecule has 0 atom stereocenters. The van der Waals surface area contributed by atoms with Crippen molar-refractivity contribution in [2.75, 3.05) is 17.7 Å². The predicted molar refractivity (Wildman–Crippen MR) is 90.1 cm³/mol. The van der Waals surface area contributed by atoms with Crippen LogP contribution < -0.4 is 10.6 Å². The third-order valence-corrected chi connectivity index (χ3v) is 3.84. The van der Waals surface area contributed by atoms with Gasteiger partial charge in [-0.1, -0.05) is 37.0 Å². The molecule has 1 aromatic carbocycles. The number of hydrogen-bond acceptors (Lipinski definition) is 4. The van der Waals surface area contributed by atoms with Crippen LogP contribution in [-0.4, -0.2) is 17.0 Å². The summed E-state index contributed by atoms with van der Waals surface area (Å²) in [6, 6.07) is 5.40. The number of hydrogen-bond donors (Lipinski definition) is 2. The maximum Gasteiger partial charge on any atom is 0.139 e. The van der Waals surface area contributed by atoms with Crippen LogP contribution in [0.1, 0.15) is 31.2 Å². The van der Waals surface area contributed by atoms with Crippen molar-refractivity contribution in [3.63, 3.8) is 0 Å². The maximum atomic E-state index is 6.04. The largest absolute Gasteiger partial charge is 0.373 e. The Morgan fingerprint density at radius 1 is 1.05 bits per heavy atom. The summed E-state index contributed by atoms with van der Waals surface area (Å²) in [6.45, 7) is 6.09. The summed E-state index contributed by atoms with van der Waals surface area (Å²) in [5, 5.41) is 7.41. The molecule has 0 unspecified atom stereocenters. The van der Waals surface area contributed by atoms with Gasteiger partial charge in [-0.05, 0) is 25.1 Å². The van der Waals surface area contributed by atoms with E-state index in [-0.39, 0.29) is 5.92 Å². The van der Waals surface area contributed by atoms with E-state index in [1.807, 2.05) is 20.0 Å². The number of benzene rings is 1. The van der Waals surface area contributed by atoms with Gasteiger partial charge in [-0.3, -0.25) is 0 Å². The summed E-state index contributed by atoms with van der Waals surface area (Å²) in [4.78, 5) is 9.10. The lowest BCUT2D eigenvalue weighted by molar-refractivity contribution is 0.775. The molecule has 0 bridgehead atoms. The predicted octanol–water partition coefficient (Wildman–Crippen LogP) is 5.00. The van der Waals surface area contributed by atoms with Gasteiger partial charge in [0.2, 0.25) is 0 Å². The van der Waals surface area contributed by atoms with Crippen molar-refractivity contribution in [3.8, 4) is 0 Å². The lowest BCUT2D eigenvalue weighted by Crippen LogP contribution is -2.08. The van der Waals surface area contributed by atoms with Crippen molar-refractivity contribution in [2.24, 2.45) is 0 Å². The van der Waals surface area contributed by atoms with Crippen molar-refractivity contribution in [2.45, 2.75) is 26.7 Å². The normalized spacial score (nSPS) is 10.8. The molecule has 0 fully saturated rings. The first-order valence-electron chi connectivity index (χ1n) is 6.70. The van der Waals surface area contributed by atoms with E-state index in [2.05, 4.69) is 34.4 Å². The molecular formula is C15H18Cl2N4. The van der Waals surface area contributed by atoms with E-state index >= 15 is 0 Å². The lowest BCUT2D eigenvalue weighted by Gasteiger charge is -2.15. The quantitative estimate of drug-likeness (QED) is 0.830. The summed E-state index contributed by atoms with van der Waals surface area (Å²) in [7, 11) is 1.85. The molecule has 0 amide bonds. The van der Waals surface area contributed by atoms with Crippen LogP contribution in [0.25, 0.3) is 0 Å². The summed E-state index contributed by atoms with van der Waals surface area (Å²) in [5.74, 6) is 2.60. The molecule has 2 N–H and O–H groups in total. The number of nitrogens with zero attached hydrogens (tertiary/aromatic N) is 2. The molecule has 0 radical (unpaired) electrons. The molecule has 6 heteroatoms. The smallest absolute Gasteiger partial charge is 0.139 e. The Kier molecular flexibility index (Phi) is 4.91. The number of aromatic nitrogens is 2. The van der Waals surface area contributed by atoms with Crippen LogP contribution in [0.4, 0.5) is 17.3 Å². The van der Waals surface area contributed by atoms with Gasteiger partial charge in [0.1, 0.15) is 17.5 Å². The van der Waals surface area contributed by atoms with Gasteiger partial charge in [0.05, 0.1) is 10.0 Å². The van der Waals surface area contributed by atoms with E-state index in [1.165, 1.54) is 0 Å². The molecule has 4 nitrogen and oxygen atoms in total. The van der Waals surface area contributed by atoms with E-state index in [0.29, 0.717) is 10.0 Å². The summed E-state index contributed by atoms with van der Waals surface area (Å²) in [5.41, 5.74) is 1.79. The Morgan fingerprint density at radius 2 is 1.71 bits per heavy atom. The third kappa shape index (κ3) is 3.57. The number of nitrogens with one attached hydrogen (secondary N) is 2. The number of anilines is 3. The van der Waals surface area contributed by atoms with Gasteiger partial charge in [-0.25, -0.2) is 9.97 Å². The zero-order chi connectivity index (χ0) is 15.6. The minimum Gasteiger partial charge on any atom is -0.373 e. The molecule has 1 aromatic heterocycles. The highest BCUT2D eigenvalue weighted by Crippen LogP contribution is 2.29. The molecule has 0 spiro atoms. The van der Waals surface area contributed by atoms with E-state index in [0.717, 1.165) is 28.7 Å². The molecule has 0 saturated heterocycles. The van der Waals surface area contributed by atoms with Crippen LogP contribution in [0, 0.1) is 6.92 Å². The highest BCUT2D eigenvalue weighted by atomic mass is 35.5. The Bertz CT molecular complexity index is 656. The van der Waals surface area contributed by atoms with Gasteiger partial charge in [0.25, 0.3) is 0 Å². The standard InChI is InChI=1S/C15H18Cl2N4/c1-8(2)13-20-14(18-4)9(3)15(21-13)19-10-5-6-11(16)12(17)7-10/h5-8H,1-4H3,(H2,18,19,20,21).